The Bertz CT molecular complexity index is 861. The molecule has 0 saturated heterocycles. The topological polar surface area (TPSA) is 138 Å². The molecule has 3 rings (SSSR count). The van der Waals surface area contributed by atoms with Gasteiger partial charge in [-0.05, 0) is 23.9 Å². The van der Waals surface area contributed by atoms with Crippen LogP contribution in [0.1, 0.15) is 11.5 Å². The number of rotatable bonds is 5. The van der Waals surface area contributed by atoms with Gasteiger partial charge in [0.1, 0.15) is 4.91 Å². The van der Waals surface area contributed by atoms with E-state index in [0.717, 1.165) is 6.08 Å². The first-order chi connectivity index (χ1) is 11.4. The van der Waals surface area contributed by atoms with Crippen LogP contribution in [0.5, 0.6) is 11.5 Å². The molecule has 2 aromatic rings. The van der Waals surface area contributed by atoms with Gasteiger partial charge in [0, 0.05) is 6.92 Å². The van der Waals surface area contributed by atoms with Crippen LogP contribution in [0, 0.1) is 17.0 Å². The lowest BCUT2D eigenvalue weighted by atomic mass is 10.1. The molecule has 24 heavy (non-hydrogen) atoms. The van der Waals surface area contributed by atoms with Crippen LogP contribution in [0.4, 0.5) is 5.69 Å². The molecular formula is C13H9N3O7S. The first-order valence-electron chi connectivity index (χ1n) is 6.45. The zero-order valence-corrected chi connectivity index (χ0v) is 12.9. The third-order valence-corrected chi connectivity index (χ3v) is 3.77. The minimum atomic E-state index is -1.29. The fourth-order valence-corrected chi connectivity index (χ4v) is 2.62. The van der Waals surface area contributed by atoms with Crippen molar-refractivity contribution in [3.8, 4) is 11.5 Å². The van der Waals surface area contributed by atoms with E-state index in [0.29, 0.717) is 17.5 Å². The van der Waals surface area contributed by atoms with E-state index in [-0.39, 0.29) is 39.8 Å². The predicted molar refractivity (Wildman–Crippen MR) is 79.7 cm³/mol. The van der Waals surface area contributed by atoms with E-state index in [1.54, 1.807) is 6.92 Å². The summed E-state index contributed by atoms with van der Waals surface area (Å²) in [7, 11) is 0. The molecule has 0 atom stereocenters. The maximum absolute atomic E-state index is 11.4. The number of hydrogen-bond donors (Lipinski definition) is 1. The summed E-state index contributed by atoms with van der Waals surface area (Å²) in [6, 6.07) is 2.54. The molecule has 0 radical (unpaired) electrons. The van der Waals surface area contributed by atoms with Gasteiger partial charge in [-0.2, -0.15) is 0 Å². The number of fused-ring (bicyclic) bond motifs is 1. The molecule has 1 aromatic carbocycles. The van der Waals surface area contributed by atoms with Gasteiger partial charge >= 0.3 is 5.97 Å². The molecule has 0 saturated carbocycles. The molecule has 0 spiro atoms. The summed E-state index contributed by atoms with van der Waals surface area (Å²) in [5.74, 6) is -0.481. The molecule has 1 aromatic heterocycles. The third kappa shape index (κ3) is 3.15. The van der Waals surface area contributed by atoms with E-state index in [1.807, 2.05) is 0 Å². The summed E-state index contributed by atoms with van der Waals surface area (Å²) in [5, 5.41) is 27.8. The van der Waals surface area contributed by atoms with E-state index in [1.165, 1.54) is 12.1 Å². The highest BCUT2D eigenvalue weighted by atomic mass is 32.2. The van der Waals surface area contributed by atoms with Gasteiger partial charge in [-0.3, -0.25) is 10.1 Å². The summed E-state index contributed by atoms with van der Waals surface area (Å²) >= 11 is 0.693. The molecule has 1 aliphatic heterocycles. The van der Waals surface area contributed by atoms with Gasteiger partial charge in [0.05, 0.1) is 16.6 Å². The molecule has 2 heterocycles. The van der Waals surface area contributed by atoms with Gasteiger partial charge in [-0.1, -0.05) is 0 Å². The van der Waals surface area contributed by atoms with Crippen molar-refractivity contribution in [2.45, 2.75) is 12.1 Å². The summed E-state index contributed by atoms with van der Waals surface area (Å²) in [6.45, 7) is 1.51. The number of nitro groups is 1. The molecule has 0 unspecified atom stereocenters. The number of ether oxygens (including phenoxy) is 2. The first-order valence-corrected chi connectivity index (χ1v) is 7.26. The largest absolute Gasteiger partial charge is 0.477 e. The summed E-state index contributed by atoms with van der Waals surface area (Å²) in [5.41, 5.74) is -0.245. The number of nitro benzene ring substituents is 1. The Morgan fingerprint density at radius 2 is 2.08 bits per heavy atom. The second-order valence-corrected chi connectivity index (χ2v) is 5.52. The Morgan fingerprint density at radius 3 is 2.67 bits per heavy atom. The van der Waals surface area contributed by atoms with Crippen LogP contribution in [0.15, 0.2) is 26.7 Å². The van der Waals surface area contributed by atoms with Crippen LogP contribution < -0.4 is 9.47 Å². The molecule has 11 heteroatoms. The minimum absolute atomic E-state index is 0.0181. The fraction of sp³-hybridized carbons (Fsp3) is 0.154. The molecule has 1 N–H and O–H groups in total. The average Bonchev–Trinajstić information content (AvgIpc) is 3.13. The monoisotopic (exact) mass is 351 g/mol. The minimum Gasteiger partial charge on any atom is -0.477 e. The molecule has 0 bridgehead atoms. The molecule has 0 fully saturated rings. The predicted octanol–water partition coefficient (Wildman–Crippen LogP) is 2.23. The second kappa shape index (κ2) is 6.20. The molecule has 124 valence electrons. The molecule has 0 aliphatic carbocycles. The van der Waals surface area contributed by atoms with Crippen LogP contribution >= 0.6 is 11.8 Å². The van der Waals surface area contributed by atoms with Crippen LogP contribution in [-0.4, -0.2) is 33.0 Å². The van der Waals surface area contributed by atoms with Crippen molar-refractivity contribution in [2.24, 2.45) is 0 Å². The van der Waals surface area contributed by atoms with Crippen LogP contribution in [-0.2, 0) is 4.79 Å². The van der Waals surface area contributed by atoms with Gasteiger partial charge in [0.2, 0.25) is 12.7 Å². The lowest BCUT2D eigenvalue weighted by Gasteiger charge is -2.03. The summed E-state index contributed by atoms with van der Waals surface area (Å²) < 4.78 is 15.4. The quantitative estimate of drug-likeness (QED) is 0.369. The number of benzene rings is 1. The van der Waals surface area contributed by atoms with E-state index in [4.69, 9.17) is 13.9 Å². The Balaban J connectivity index is 2.03. The van der Waals surface area contributed by atoms with Gasteiger partial charge in [0.25, 0.3) is 10.9 Å². The number of aryl methyl sites for hydroxylation is 1. The zero-order chi connectivity index (χ0) is 17.3. The van der Waals surface area contributed by atoms with Crippen molar-refractivity contribution in [3.05, 3.63) is 38.6 Å². The molecule has 1 aliphatic rings. The number of carboxylic acid groups (broad SMARTS) is 1. The number of aromatic nitrogens is 2. The van der Waals surface area contributed by atoms with Crippen molar-refractivity contribution >= 4 is 29.5 Å². The Kier molecular flexibility index (Phi) is 4.08. The number of carbonyl (C=O) groups is 1. The van der Waals surface area contributed by atoms with E-state index in [9.17, 15) is 20.0 Å². The smallest absolute Gasteiger partial charge is 0.342 e. The lowest BCUT2D eigenvalue weighted by Crippen LogP contribution is -1.98. The maximum Gasteiger partial charge on any atom is 0.342 e. The summed E-state index contributed by atoms with van der Waals surface area (Å²) in [6.07, 6.45) is 1.15. The molecule has 0 amide bonds. The third-order valence-electron chi connectivity index (χ3n) is 2.92. The van der Waals surface area contributed by atoms with Crippen molar-refractivity contribution in [1.29, 1.82) is 0 Å². The highest BCUT2D eigenvalue weighted by molar-refractivity contribution is 8.03. The van der Waals surface area contributed by atoms with Crippen molar-refractivity contribution in [2.75, 3.05) is 6.79 Å². The van der Waals surface area contributed by atoms with Gasteiger partial charge in [-0.15, -0.1) is 10.2 Å². The molecular weight excluding hydrogens is 342 g/mol. The van der Waals surface area contributed by atoms with Crippen molar-refractivity contribution in [3.63, 3.8) is 0 Å². The fourth-order valence-electron chi connectivity index (χ4n) is 1.91. The second-order valence-electron chi connectivity index (χ2n) is 4.52. The van der Waals surface area contributed by atoms with Gasteiger partial charge in [-0.25, -0.2) is 4.79 Å². The number of aliphatic carboxylic acids is 1. The number of carboxylic acids is 1. The Morgan fingerprint density at radius 1 is 1.38 bits per heavy atom. The van der Waals surface area contributed by atoms with Gasteiger partial charge < -0.3 is 19.0 Å². The normalized spacial score (nSPS) is 13.1. The number of hydrogen-bond acceptors (Lipinski definition) is 9. The van der Waals surface area contributed by atoms with E-state index >= 15 is 0 Å². The lowest BCUT2D eigenvalue weighted by molar-refractivity contribution is -0.385. The Hall–Kier alpha value is -3.08. The van der Waals surface area contributed by atoms with Crippen LogP contribution in [0.25, 0.3) is 6.08 Å². The van der Waals surface area contributed by atoms with Crippen molar-refractivity contribution in [1.82, 2.24) is 10.2 Å². The van der Waals surface area contributed by atoms with Crippen LogP contribution in [0.2, 0.25) is 0 Å². The maximum atomic E-state index is 11.4. The van der Waals surface area contributed by atoms with Gasteiger partial charge in [0.15, 0.2) is 11.5 Å². The highest BCUT2D eigenvalue weighted by Crippen LogP contribution is 2.39. The van der Waals surface area contributed by atoms with E-state index in [2.05, 4.69) is 10.2 Å². The average molecular weight is 351 g/mol. The standard InChI is InChI=1S/C13H9N3O7S/c1-6-14-15-13(23-6)24-11(12(17)18)3-7-2-9-10(22-5-21-9)4-8(7)16(19)20/h2-4H,5H2,1H3,(H,17,18)/b11-3-. The van der Waals surface area contributed by atoms with E-state index < -0.39 is 10.9 Å². The Labute approximate surface area is 138 Å². The zero-order valence-electron chi connectivity index (χ0n) is 12.1. The van der Waals surface area contributed by atoms with Crippen molar-refractivity contribution < 1.29 is 28.7 Å². The highest BCUT2D eigenvalue weighted by Gasteiger charge is 2.24. The molecule has 10 nitrogen and oxygen atoms in total. The number of thioether (sulfide) groups is 1. The number of nitrogens with zero attached hydrogens (tertiary/aromatic N) is 3. The summed E-state index contributed by atoms with van der Waals surface area (Å²) in [4.78, 5) is 21.8. The van der Waals surface area contributed by atoms with Crippen LogP contribution in [0.3, 0.4) is 0 Å². The first kappa shape index (κ1) is 15.8. The SMILES string of the molecule is Cc1nnc(S/C(=C\c2cc3c(cc2[N+](=O)[O-])OCO3)C(=O)O)o1.